The molecule has 106 valence electrons. The van der Waals surface area contributed by atoms with E-state index in [1.807, 2.05) is 18.2 Å². The fourth-order valence-corrected chi connectivity index (χ4v) is 1.31. The van der Waals surface area contributed by atoms with Crippen molar-refractivity contribution in [3.05, 3.63) is 35.9 Å². The molecule has 0 radical (unpaired) electrons. The molecule has 1 aromatic carbocycles. The van der Waals surface area contributed by atoms with Crippen LogP contribution >= 0.6 is 12.4 Å². The van der Waals surface area contributed by atoms with Crippen LogP contribution in [0.15, 0.2) is 30.3 Å². The number of hydrogen-bond donors (Lipinski definition) is 3. The minimum atomic E-state index is -1.19. The molecule has 1 amide bonds. The lowest BCUT2D eigenvalue weighted by molar-refractivity contribution is -0.139. The summed E-state index contributed by atoms with van der Waals surface area (Å²) in [5.74, 6) is -1.19. The smallest absolute Gasteiger partial charge is 0.408 e. The normalized spacial score (nSPS) is 12.7. The summed E-state index contributed by atoms with van der Waals surface area (Å²) >= 11 is 0. The lowest BCUT2D eigenvalue weighted by Crippen LogP contribution is -2.51. The first-order chi connectivity index (χ1) is 8.50. The number of aliphatic carboxylic acids is 1. The Labute approximate surface area is 117 Å². The molecule has 0 bridgehead atoms. The molecule has 7 heteroatoms. The summed E-state index contributed by atoms with van der Waals surface area (Å²) in [6.07, 6.45) is -0.802. The van der Waals surface area contributed by atoms with Gasteiger partial charge in [0, 0.05) is 6.04 Å². The Bertz CT molecular complexity index is 411. The second-order valence-corrected chi connectivity index (χ2v) is 3.88. The summed E-state index contributed by atoms with van der Waals surface area (Å²) in [5.41, 5.74) is 6.26. The topological polar surface area (TPSA) is 102 Å². The molecule has 0 aliphatic carbocycles. The van der Waals surface area contributed by atoms with E-state index in [-0.39, 0.29) is 19.0 Å². The number of carboxylic acids is 1. The summed E-state index contributed by atoms with van der Waals surface area (Å²) in [7, 11) is 0. The van der Waals surface area contributed by atoms with Crippen molar-refractivity contribution in [3.8, 4) is 0 Å². The molecule has 19 heavy (non-hydrogen) atoms. The number of carboxylic acid groups (broad SMARTS) is 1. The van der Waals surface area contributed by atoms with Gasteiger partial charge in [0.05, 0.1) is 0 Å². The van der Waals surface area contributed by atoms with Crippen LogP contribution < -0.4 is 11.1 Å². The van der Waals surface area contributed by atoms with E-state index in [9.17, 15) is 9.59 Å². The summed E-state index contributed by atoms with van der Waals surface area (Å²) in [4.78, 5) is 22.2. The van der Waals surface area contributed by atoms with Crippen LogP contribution in [0.25, 0.3) is 0 Å². The molecule has 0 saturated heterocycles. The molecule has 0 spiro atoms. The SMILES string of the molecule is CC(N)[C@H](NC(=O)OCc1ccccc1)C(=O)O.Cl. The predicted octanol–water partition coefficient (Wildman–Crippen LogP) is 1.13. The number of carbonyl (C=O) groups excluding carboxylic acids is 1. The third-order valence-electron chi connectivity index (χ3n) is 2.28. The van der Waals surface area contributed by atoms with E-state index in [4.69, 9.17) is 15.6 Å². The van der Waals surface area contributed by atoms with Crippen molar-refractivity contribution in [1.82, 2.24) is 5.32 Å². The molecule has 6 nitrogen and oxygen atoms in total. The molecule has 1 unspecified atom stereocenters. The second-order valence-electron chi connectivity index (χ2n) is 3.88. The number of alkyl carbamates (subject to hydrolysis) is 1. The van der Waals surface area contributed by atoms with Crippen LogP contribution in [0.1, 0.15) is 12.5 Å². The lowest BCUT2D eigenvalue weighted by Gasteiger charge is -2.17. The maximum Gasteiger partial charge on any atom is 0.408 e. The quantitative estimate of drug-likeness (QED) is 0.754. The molecule has 4 N–H and O–H groups in total. The fraction of sp³-hybridized carbons (Fsp3) is 0.333. The van der Waals surface area contributed by atoms with Gasteiger partial charge in [0.2, 0.25) is 0 Å². The van der Waals surface area contributed by atoms with Gasteiger partial charge in [-0.1, -0.05) is 30.3 Å². The second kappa shape index (κ2) is 8.34. The number of amides is 1. The zero-order valence-corrected chi connectivity index (χ0v) is 11.2. The van der Waals surface area contributed by atoms with Crippen LogP contribution in [0, 0.1) is 0 Å². The average molecular weight is 289 g/mol. The zero-order chi connectivity index (χ0) is 13.5. The van der Waals surface area contributed by atoms with Crippen molar-refractivity contribution < 1.29 is 19.4 Å². The van der Waals surface area contributed by atoms with E-state index in [0.717, 1.165) is 5.56 Å². The Hall–Kier alpha value is -1.79. The number of nitrogens with one attached hydrogen (secondary N) is 1. The van der Waals surface area contributed by atoms with Crippen molar-refractivity contribution in [3.63, 3.8) is 0 Å². The molecule has 0 aromatic heterocycles. The molecule has 1 aromatic rings. The maximum absolute atomic E-state index is 11.4. The van der Waals surface area contributed by atoms with Crippen molar-refractivity contribution in [1.29, 1.82) is 0 Å². The highest BCUT2D eigenvalue weighted by Crippen LogP contribution is 2.01. The van der Waals surface area contributed by atoms with Crippen molar-refractivity contribution >= 4 is 24.5 Å². The average Bonchev–Trinajstić information content (AvgIpc) is 2.34. The van der Waals surface area contributed by atoms with Crippen LogP contribution in [0.5, 0.6) is 0 Å². The van der Waals surface area contributed by atoms with E-state index in [1.165, 1.54) is 6.92 Å². The van der Waals surface area contributed by atoms with Crippen molar-refractivity contribution in [2.24, 2.45) is 5.73 Å². The first-order valence-corrected chi connectivity index (χ1v) is 5.46. The third-order valence-corrected chi connectivity index (χ3v) is 2.28. The standard InChI is InChI=1S/C12H16N2O4.ClH/c1-8(13)10(11(15)16)14-12(17)18-7-9-5-3-2-4-6-9;/h2-6,8,10H,7,13H2,1H3,(H,14,17)(H,15,16);1H/t8?,10-;/m0./s1. The Kier molecular flexibility index (Phi) is 7.55. The van der Waals surface area contributed by atoms with Crippen molar-refractivity contribution in [2.75, 3.05) is 0 Å². The van der Waals surface area contributed by atoms with Gasteiger partial charge in [-0.15, -0.1) is 12.4 Å². The summed E-state index contributed by atoms with van der Waals surface area (Å²) < 4.78 is 4.89. The van der Waals surface area contributed by atoms with Crippen LogP contribution in [-0.4, -0.2) is 29.3 Å². The summed E-state index contributed by atoms with van der Waals surface area (Å²) in [6.45, 7) is 1.58. The Morgan fingerprint density at radius 1 is 1.37 bits per heavy atom. The largest absolute Gasteiger partial charge is 0.480 e. The molecule has 0 saturated carbocycles. The van der Waals surface area contributed by atoms with Crippen LogP contribution in [-0.2, 0) is 16.1 Å². The lowest BCUT2D eigenvalue weighted by atomic mass is 10.1. The number of carbonyl (C=O) groups is 2. The van der Waals surface area contributed by atoms with E-state index in [0.29, 0.717) is 0 Å². The minimum Gasteiger partial charge on any atom is -0.480 e. The Morgan fingerprint density at radius 2 is 1.95 bits per heavy atom. The molecule has 2 atom stereocenters. The zero-order valence-electron chi connectivity index (χ0n) is 10.4. The Morgan fingerprint density at radius 3 is 2.42 bits per heavy atom. The van der Waals surface area contributed by atoms with Crippen LogP contribution in [0.3, 0.4) is 0 Å². The van der Waals surface area contributed by atoms with Crippen molar-refractivity contribution in [2.45, 2.75) is 25.6 Å². The fourth-order valence-electron chi connectivity index (χ4n) is 1.31. The monoisotopic (exact) mass is 288 g/mol. The number of nitrogens with two attached hydrogens (primary N) is 1. The van der Waals surface area contributed by atoms with Gasteiger partial charge in [0.15, 0.2) is 0 Å². The van der Waals surface area contributed by atoms with Gasteiger partial charge in [-0.2, -0.15) is 0 Å². The highest BCUT2D eigenvalue weighted by atomic mass is 35.5. The molecule has 0 fully saturated rings. The van der Waals surface area contributed by atoms with Gasteiger partial charge in [-0.25, -0.2) is 9.59 Å². The first kappa shape index (κ1) is 17.2. The van der Waals surface area contributed by atoms with Gasteiger partial charge in [-0.3, -0.25) is 0 Å². The van der Waals surface area contributed by atoms with E-state index < -0.39 is 24.1 Å². The highest BCUT2D eigenvalue weighted by molar-refractivity contribution is 5.85. The van der Waals surface area contributed by atoms with E-state index >= 15 is 0 Å². The number of ether oxygens (including phenoxy) is 1. The van der Waals surface area contributed by atoms with Gasteiger partial charge >= 0.3 is 12.1 Å². The van der Waals surface area contributed by atoms with E-state index in [1.54, 1.807) is 12.1 Å². The van der Waals surface area contributed by atoms with Crippen LogP contribution in [0.4, 0.5) is 4.79 Å². The number of halogens is 1. The molecule has 0 aliphatic rings. The van der Waals surface area contributed by atoms with Crippen LogP contribution in [0.2, 0.25) is 0 Å². The minimum absolute atomic E-state index is 0. The molecule has 0 heterocycles. The summed E-state index contributed by atoms with van der Waals surface area (Å²) in [6, 6.07) is 7.22. The summed E-state index contributed by atoms with van der Waals surface area (Å²) in [5, 5.41) is 11.0. The van der Waals surface area contributed by atoms with Gasteiger partial charge < -0.3 is 20.9 Å². The molecule has 0 aliphatic heterocycles. The third kappa shape index (κ3) is 6.08. The van der Waals surface area contributed by atoms with Gasteiger partial charge in [0.25, 0.3) is 0 Å². The molecular formula is C12H17ClN2O4. The highest BCUT2D eigenvalue weighted by Gasteiger charge is 2.24. The predicted molar refractivity (Wildman–Crippen MR) is 72.1 cm³/mol. The number of rotatable bonds is 5. The van der Waals surface area contributed by atoms with E-state index in [2.05, 4.69) is 5.32 Å². The molecular weight excluding hydrogens is 272 g/mol. The van der Waals surface area contributed by atoms with Gasteiger partial charge in [-0.05, 0) is 12.5 Å². The number of hydrogen-bond acceptors (Lipinski definition) is 4. The van der Waals surface area contributed by atoms with Gasteiger partial charge in [0.1, 0.15) is 12.6 Å². The maximum atomic E-state index is 11.4. The Balaban J connectivity index is 0.00000324. The first-order valence-electron chi connectivity index (χ1n) is 5.46. The molecule has 1 rings (SSSR count). The number of benzene rings is 1.